The Morgan fingerprint density at radius 1 is 0.905 bits per heavy atom. The molecule has 7 heteroatoms. The van der Waals surface area contributed by atoms with Crippen LogP contribution >= 0.6 is 0 Å². The van der Waals surface area contributed by atoms with Crippen molar-refractivity contribution in [3.63, 3.8) is 0 Å². The Morgan fingerprint density at radius 3 is 1.67 bits per heavy atom. The summed E-state index contributed by atoms with van der Waals surface area (Å²) in [6.45, 7) is 7.39. The number of hydrogen-bond donors (Lipinski definition) is 2. The van der Waals surface area contributed by atoms with Crippen LogP contribution in [-0.2, 0) is 15.1 Å². The van der Waals surface area contributed by atoms with E-state index >= 15 is 0 Å². The molecule has 0 saturated carbocycles. The van der Waals surface area contributed by atoms with Gasteiger partial charge in [0.2, 0.25) is 0 Å². The molecule has 0 fully saturated rings. The minimum absolute atomic E-state index is 0. The third-order valence-corrected chi connectivity index (χ3v) is 2.92. The van der Waals surface area contributed by atoms with Crippen LogP contribution in [0.2, 0.25) is 0 Å². The fourth-order valence-corrected chi connectivity index (χ4v) is 1.93. The summed E-state index contributed by atoms with van der Waals surface area (Å²) in [6.07, 6.45) is 12.9. The van der Waals surface area contributed by atoms with Crippen LogP contribution in [0.1, 0.15) is 78.6 Å². The average molecular weight is 336 g/mol. The van der Waals surface area contributed by atoms with Gasteiger partial charge in [-0.3, -0.25) is 9.11 Å². The summed E-state index contributed by atoms with van der Waals surface area (Å²) < 4.78 is 37.1. The van der Waals surface area contributed by atoms with Crippen LogP contribution in [0.5, 0.6) is 0 Å². The molecule has 0 aliphatic carbocycles. The Hall–Kier alpha value is 0.830. The molecule has 0 aromatic carbocycles. The van der Waals surface area contributed by atoms with Crippen LogP contribution in [0, 0.1) is 0 Å². The Bertz CT molecular complexity index is 275. The van der Waals surface area contributed by atoms with Gasteiger partial charge < -0.3 is 4.74 Å². The average Bonchev–Trinajstić information content (AvgIpc) is 2.31. The monoisotopic (exact) mass is 336 g/mol. The van der Waals surface area contributed by atoms with Crippen molar-refractivity contribution >= 4 is 40.0 Å². The fraction of sp³-hybridized carbons (Fsp3) is 1.00. The second-order valence-electron chi connectivity index (χ2n) is 4.98. The molecule has 0 saturated heterocycles. The molecular weight excluding hydrogens is 303 g/mol. The Balaban J connectivity index is -0.000000465. The first-order valence-electron chi connectivity index (χ1n) is 7.62. The molecule has 0 aromatic rings. The topological polar surface area (TPSA) is 83.8 Å². The van der Waals surface area contributed by atoms with E-state index in [0.29, 0.717) is 6.10 Å². The van der Waals surface area contributed by atoms with Gasteiger partial charge in [-0.2, -0.15) is 8.42 Å². The van der Waals surface area contributed by atoms with Crippen LogP contribution in [-0.4, -0.2) is 59.8 Å². The van der Waals surface area contributed by atoms with Crippen molar-refractivity contribution in [1.29, 1.82) is 0 Å². The van der Waals surface area contributed by atoms with Crippen LogP contribution < -0.4 is 0 Å². The van der Waals surface area contributed by atoms with Crippen LogP contribution in [0.3, 0.4) is 0 Å². The number of unbranched alkanes of at least 4 members (excludes halogenated alkanes) is 7. The van der Waals surface area contributed by atoms with E-state index in [1.54, 1.807) is 0 Å². The van der Waals surface area contributed by atoms with Crippen LogP contribution in [0.25, 0.3) is 0 Å². The zero-order valence-corrected chi connectivity index (χ0v) is 14.0. The summed E-state index contributed by atoms with van der Waals surface area (Å²) in [5, 5.41) is 0. The Labute approximate surface area is 153 Å². The molecule has 1 atom stereocenters. The van der Waals surface area contributed by atoms with Crippen molar-refractivity contribution in [1.82, 2.24) is 0 Å². The van der Waals surface area contributed by atoms with Gasteiger partial charge in [0.1, 0.15) is 0 Å². The Morgan fingerprint density at radius 2 is 1.29 bits per heavy atom. The molecule has 0 aromatic heterocycles. The molecule has 0 aliphatic heterocycles. The van der Waals surface area contributed by atoms with Crippen LogP contribution in [0.15, 0.2) is 0 Å². The molecule has 0 aliphatic rings. The summed E-state index contributed by atoms with van der Waals surface area (Å²) in [6, 6.07) is 0. The van der Waals surface area contributed by atoms with Gasteiger partial charge in [-0.1, -0.05) is 58.3 Å². The van der Waals surface area contributed by atoms with E-state index in [0.717, 1.165) is 6.61 Å². The van der Waals surface area contributed by atoms with Gasteiger partial charge in [-0.15, -0.1) is 0 Å². The second kappa shape index (κ2) is 18.9. The van der Waals surface area contributed by atoms with Crippen molar-refractivity contribution in [2.45, 2.75) is 84.7 Å². The molecule has 126 valence electrons. The molecule has 0 rings (SSSR count). The molecular formula is C14H33NaO5S. The first-order valence-corrected chi connectivity index (χ1v) is 9.02. The molecule has 2 N–H and O–H groups in total. The molecule has 0 radical (unpaired) electrons. The standard InChI is InChI=1S/C14H30O.Na.H2O4S.H/c1-4-6-7-8-9-10-11-12-13-14(3)15-5-2;;1-5(2,3)4;/h14H,4-13H2,1-3H3;;(H2,1,2,3,4);. The zero-order chi connectivity index (χ0) is 15.9. The normalized spacial score (nSPS) is 12.0. The maximum atomic E-state index is 8.74. The van der Waals surface area contributed by atoms with E-state index < -0.39 is 10.4 Å². The SMILES string of the molecule is CCCCCCCCCCC(C)OCC.O=S(=O)(O)O.[NaH]. The van der Waals surface area contributed by atoms with E-state index in [1.807, 2.05) is 0 Å². The van der Waals surface area contributed by atoms with E-state index in [9.17, 15) is 0 Å². The van der Waals surface area contributed by atoms with Gasteiger partial charge in [0.25, 0.3) is 0 Å². The van der Waals surface area contributed by atoms with Crippen LogP contribution in [0.4, 0.5) is 0 Å². The second-order valence-corrected chi connectivity index (χ2v) is 5.87. The molecule has 0 spiro atoms. The fourth-order valence-electron chi connectivity index (χ4n) is 1.93. The third kappa shape index (κ3) is 38.6. The van der Waals surface area contributed by atoms with Crippen molar-refractivity contribution < 1.29 is 22.3 Å². The van der Waals surface area contributed by atoms with Crippen molar-refractivity contribution in [2.24, 2.45) is 0 Å². The van der Waals surface area contributed by atoms with Gasteiger partial charge in [-0.05, 0) is 20.3 Å². The molecule has 5 nitrogen and oxygen atoms in total. The number of hydrogen-bond acceptors (Lipinski definition) is 3. The van der Waals surface area contributed by atoms with E-state index in [1.165, 1.54) is 57.8 Å². The molecule has 0 amide bonds. The van der Waals surface area contributed by atoms with E-state index in [4.69, 9.17) is 22.3 Å². The van der Waals surface area contributed by atoms with Gasteiger partial charge in [0.05, 0.1) is 6.10 Å². The van der Waals surface area contributed by atoms with Crippen molar-refractivity contribution in [2.75, 3.05) is 6.61 Å². The maximum absolute atomic E-state index is 8.74. The predicted octanol–water partition coefficient (Wildman–Crippen LogP) is 3.64. The van der Waals surface area contributed by atoms with Gasteiger partial charge in [0.15, 0.2) is 0 Å². The minimum atomic E-state index is -4.67. The van der Waals surface area contributed by atoms with E-state index in [-0.39, 0.29) is 29.6 Å². The summed E-state index contributed by atoms with van der Waals surface area (Å²) in [7, 11) is -4.67. The number of rotatable bonds is 11. The van der Waals surface area contributed by atoms with Gasteiger partial charge in [0, 0.05) is 6.61 Å². The first-order chi connectivity index (χ1) is 9.31. The number of ether oxygens (including phenoxy) is 1. The molecule has 1 unspecified atom stereocenters. The quantitative estimate of drug-likeness (QED) is 0.342. The molecule has 21 heavy (non-hydrogen) atoms. The molecule has 0 heterocycles. The predicted molar refractivity (Wildman–Crippen MR) is 89.6 cm³/mol. The van der Waals surface area contributed by atoms with Gasteiger partial charge >= 0.3 is 40.0 Å². The molecule has 0 bridgehead atoms. The third-order valence-electron chi connectivity index (χ3n) is 2.92. The Kier molecular flexibility index (Phi) is 24.0. The summed E-state index contributed by atoms with van der Waals surface area (Å²) in [5.74, 6) is 0. The van der Waals surface area contributed by atoms with Gasteiger partial charge in [-0.25, -0.2) is 0 Å². The van der Waals surface area contributed by atoms with Crippen molar-refractivity contribution in [3.8, 4) is 0 Å². The summed E-state index contributed by atoms with van der Waals surface area (Å²) in [5.41, 5.74) is 0. The first kappa shape index (κ1) is 26.7. The van der Waals surface area contributed by atoms with Crippen molar-refractivity contribution in [3.05, 3.63) is 0 Å². The van der Waals surface area contributed by atoms with E-state index in [2.05, 4.69) is 20.8 Å². The summed E-state index contributed by atoms with van der Waals surface area (Å²) in [4.78, 5) is 0. The zero-order valence-electron chi connectivity index (χ0n) is 13.2. The summed E-state index contributed by atoms with van der Waals surface area (Å²) >= 11 is 0.